The summed E-state index contributed by atoms with van der Waals surface area (Å²) in [7, 11) is 0. The Morgan fingerprint density at radius 1 is 0.774 bits per heavy atom. The Labute approximate surface area is 169 Å². The first kappa shape index (κ1) is 27.0. The zero-order chi connectivity index (χ0) is 24.9. The highest BCUT2D eigenvalue weighted by Gasteiger charge is 3.01. The monoisotopic (exact) mass is 476 g/mol. The van der Waals surface area contributed by atoms with E-state index in [9.17, 15) is 53.5 Å². The van der Waals surface area contributed by atoms with Crippen LogP contribution in [-0.2, 0) is 19.1 Å². The Hall–Kier alpha value is -2.02. The number of alkyl halides is 10. The minimum absolute atomic E-state index is 0.0981. The number of allylic oxidation sites excluding steroid dienone is 1. The Kier molecular flexibility index (Phi) is 6.57. The summed E-state index contributed by atoms with van der Waals surface area (Å²) in [5, 5.41) is 0. The van der Waals surface area contributed by atoms with Gasteiger partial charge in [0.15, 0.2) is 0 Å². The third-order valence-electron chi connectivity index (χ3n) is 4.52. The second-order valence-corrected chi connectivity index (χ2v) is 7.77. The second-order valence-electron chi connectivity index (χ2n) is 7.77. The first-order valence-electron chi connectivity index (χ1n) is 8.45. The topological polar surface area (TPSA) is 52.6 Å². The number of carbonyl (C=O) groups is 2. The SMILES string of the molecule is C=CCC1(F)C(F)(F)C(F)(F)C(F)(F)C(F)(C(=O)OCCOC(=O)C(C)(C)C)C1(F)F. The molecule has 1 aliphatic carbocycles. The maximum atomic E-state index is 14.8. The fraction of sp³-hybridized carbons (Fsp3) is 0.765. The van der Waals surface area contributed by atoms with Crippen molar-refractivity contribution in [3.63, 3.8) is 0 Å². The lowest BCUT2D eigenvalue weighted by Gasteiger charge is -2.54. The van der Waals surface area contributed by atoms with Gasteiger partial charge in [-0.2, -0.15) is 35.1 Å². The lowest BCUT2D eigenvalue weighted by Crippen LogP contribution is -2.86. The molecule has 0 amide bonds. The molecule has 2 atom stereocenters. The van der Waals surface area contributed by atoms with Gasteiger partial charge in [-0.25, -0.2) is 13.6 Å². The highest BCUT2D eigenvalue weighted by molar-refractivity contribution is 5.84. The van der Waals surface area contributed by atoms with Crippen molar-refractivity contribution in [3.8, 4) is 0 Å². The first-order valence-corrected chi connectivity index (χ1v) is 8.45. The van der Waals surface area contributed by atoms with Crippen molar-refractivity contribution in [2.24, 2.45) is 5.41 Å². The number of hydrogen-bond donors (Lipinski definition) is 0. The molecule has 0 saturated heterocycles. The Bertz CT molecular complexity index is 746. The first-order chi connectivity index (χ1) is 13.6. The van der Waals surface area contributed by atoms with Crippen molar-refractivity contribution in [3.05, 3.63) is 12.7 Å². The summed E-state index contributed by atoms with van der Waals surface area (Å²) in [5.41, 5.74) is -13.6. The molecule has 14 heteroatoms. The predicted octanol–water partition coefficient (Wildman–Crippen LogP) is 4.67. The lowest BCUT2D eigenvalue weighted by atomic mass is 9.65. The van der Waals surface area contributed by atoms with Crippen LogP contribution in [0.2, 0.25) is 0 Å². The highest BCUT2D eigenvalue weighted by atomic mass is 19.4. The largest absolute Gasteiger partial charge is 0.462 e. The molecule has 1 saturated carbocycles. The number of halogens is 10. The predicted molar refractivity (Wildman–Crippen MR) is 83.7 cm³/mol. The molecular weight excluding hydrogens is 458 g/mol. The number of ether oxygens (including phenoxy) is 2. The van der Waals surface area contributed by atoms with Crippen molar-refractivity contribution >= 4 is 11.9 Å². The molecule has 0 aromatic heterocycles. The van der Waals surface area contributed by atoms with Gasteiger partial charge < -0.3 is 9.47 Å². The van der Waals surface area contributed by atoms with Crippen molar-refractivity contribution in [1.29, 1.82) is 0 Å². The van der Waals surface area contributed by atoms with Crippen LogP contribution in [0.15, 0.2) is 12.7 Å². The summed E-state index contributed by atoms with van der Waals surface area (Å²) < 4.78 is 149. The van der Waals surface area contributed by atoms with E-state index in [1.807, 2.05) is 0 Å². The Morgan fingerprint density at radius 3 is 1.65 bits per heavy atom. The molecule has 0 aromatic carbocycles. The molecule has 0 bridgehead atoms. The minimum atomic E-state index is -7.11. The van der Waals surface area contributed by atoms with Crippen LogP contribution in [0.5, 0.6) is 0 Å². The van der Waals surface area contributed by atoms with Gasteiger partial charge in [0.2, 0.25) is 0 Å². The van der Waals surface area contributed by atoms with Crippen LogP contribution >= 0.6 is 0 Å². The average Bonchev–Trinajstić information content (AvgIpc) is 2.61. The maximum Gasteiger partial charge on any atom is 0.379 e. The van der Waals surface area contributed by atoms with E-state index in [-0.39, 0.29) is 6.08 Å². The highest BCUT2D eigenvalue weighted by Crippen LogP contribution is 2.70. The standard InChI is InChI=1S/C17H18F10O4/c1-5-6-12(18)14(20,21)13(19,16(24,25)17(26,27)15(12,22)23)10(29)31-8-7-30-9(28)11(2,3)4/h5H,1,6-8H2,2-4H3. The third-order valence-corrected chi connectivity index (χ3v) is 4.52. The van der Waals surface area contributed by atoms with Crippen molar-refractivity contribution in [1.82, 2.24) is 0 Å². The quantitative estimate of drug-likeness (QED) is 0.242. The van der Waals surface area contributed by atoms with Gasteiger partial charge in [-0.3, -0.25) is 4.79 Å². The summed E-state index contributed by atoms with van der Waals surface area (Å²) in [6.07, 6.45) is -2.51. The molecule has 2 unspecified atom stereocenters. The van der Waals surface area contributed by atoms with Crippen LogP contribution in [0.3, 0.4) is 0 Å². The molecule has 1 aliphatic rings. The van der Waals surface area contributed by atoms with Gasteiger partial charge in [0.1, 0.15) is 13.2 Å². The summed E-state index contributed by atoms with van der Waals surface area (Å²) in [5.74, 6) is -32.1. The molecule has 1 fully saturated rings. The second kappa shape index (κ2) is 7.54. The van der Waals surface area contributed by atoms with E-state index in [0.29, 0.717) is 0 Å². The van der Waals surface area contributed by atoms with Crippen LogP contribution in [0.25, 0.3) is 0 Å². The maximum absolute atomic E-state index is 14.8. The summed E-state index contributed by atoms with van der Waals surface area (Å²) in [6, 6.07) is 0. The molecule has 0 spiro atoms. The van der Waals surface area contributed by atoms with Crippen molar-refractivity contribution in [2.45, 2.75) is 62.2 Å². The summed E-state index contributed by atoms with van der Waals surface area (Å²) >= 11 is 0. The van der Waals surface area contributed by atoms with Crippen LogP contribution in [-0.4, -0.2) is 60.2 Å². The van der Waals surface area contributed by atoms with E-state index in [0.717, 1.165) is 0 Å². The van der Waals surface area contributed by atoms with Gasteiger partial charge >= 0.3 is 41.3 Å². The van der Waals surface area contributed by atoms with E-state index < -0.39 is 72.0 Å². The lowest BCUT2D eigenvalue weighted by molar-refractivity contribution is -0.453. The average molecular weight is 476 g/mol. The van der Waals surface area contributed by atoms with Crippen LogP contribution < -0.4 is 0 Å². The normalized spacial score (nSPS) is 30.9. The molecule has 1 rings (SSSR count). The van der Waals surface area contributed by atoms with E-state index in [1.165, 1.54) is 20.8 Å². The number of hydrogen-bond acceptors (Lipinski definition) is 4. The molecule has 31 heavy (non-hydrogen) atoms. The Balaban J connectivity index is 3.37. The zero-order valence-electron chi connectivity index (χ0n) is 16.3. The molecule has 0 heterocycles. The zero-order valence-corrected chi connectivity index (χ0v) is 16.3. The molecule has 0 N–H and O–H groups in total. The van der Waals surface area contributed by atoms with Crippen molar-refractivity contribution in [2.75, 3.05) is 13.2 Å². The fourth-order valence-electron chi connectivity index (χ4n) is 2.63. The molecule has 4 nitrogen and oxygen atoms in total. The van der Waals surface area contributed by atoms with Crippen LogP contribution in [0, 0.1) is 5.41 Å². The summed E-state index contributed by atoms with van der Waals surface area (Å²) in [6.45, 7) is 4.21. The van der Waals surface area contributed by atoms with Crippen LogP contribution in [0.4, 0.5) is 43.9 Å². The Morgan fingerprint density at radius 2 is 1.23 bits per heavy atom. The van der Waals surface area contributed by atoms with E-state index >= 15 is 0 Å². The molecule has 180 valence electrons. The molecule has 0 radical (unpaired) electrons. The van der Waals surface area contributed by atoms with Gasteiger partial charge in [0.05, 0.1) is 5.41 Å². The van der Waals surface area contributed by atoms with Gasteiger partial charge in [0.25, 0.3) is 5.67 Å². The van der Waals surface area contributed by atoms with Gasteiger partial charge in [-0.05, 0) is 20.8 Å². The van der Waals surface area contributed by atoms with E-state index in [1.54, 1.807) is 0 Å². The van der Waals surface area contributed by atoms with Crippen molar-refractivity contribution < 1.29 is 63.0 Å². The van der Waals surface area contributed by atoms with Crippen LogP contribution in [0.1, 0.15) is 27.2 Å². The smallest absolute Gasteiger partial charge is 0.379 e. The van der Waals surface area contributed by atoms with Gasteiger partial charge in [-0.1, -0.05) is 6.08 Å². The molecule has 0 aromatic rings. The fourth-order valence-corrected chi connectivity index (χ4v) is 2.63. The minimum Gasteiger partial charge on any atom is -0.462 e. The van der Waals surface area contributed by atoms with Gasteiger partial charge in [-0.15, -0.1) is 6.58 Å². The number of carbonyl (C=O) groups excluding carboxylic acids is 2. The third kappa shape index (κ3) is 3.36. The summed E-state index contributed by atoms with van der Waals surface area (Å²) in [4.78, 5) is 23.2. The van der Waals surface area contributed by atoms with Gasteiger partial charge in [0, 0.05) is 6.42 Å². The molecular formula is C17H18F10O4. The number of esters is 2. The van der Waals surface area contributed by atoms with E-state index in [2.05, 4.69) is 16.1 Å². The van der Waals surface area contributed by atoms with E-state index in [4.69, 9.17) is 0 Å². The molecule has 0 aliphatic heterocycles. The number of rotatable bonds is 6.